The number of hydrogen-bond donors (Lipinski definition) is 1. The van der Waals surface area contributed by atoms with Gasteiger partial charge in [-0.2, -0.15) is 0 Å². The van der Waals surface area contributed by atoms with Crippen LogP contribution in [0.1, 0.15) is 11.1 Å². The number of hydrogen-bond acceptors (Lipinski definition) is 3. The van der Waals surface area contributed by atoms with Gasteiger partial charge in [0.2, 0.25) is 0 Å². The van der Waals surface area contributed by atoms with Gasteiger partial charge in [-0.05, 0) is 16.7 Å². The summed E-state index contributed by atoms with van der Waals surface area (Å²) in [5.41, 5.74) is 1.38. The number of carboxylic acid groups (broad SMARTS) is 1. The molecule has 0 aliphatic heterocycles. The second kappa shape index (κ2) is 6.58. The van der Waals surface area contributed by atoms with Gasteiger partial charge in [0, 0.05) is 6.26 Å². The minimum atomic E-state index is -3.38. The minimum Gasteiger partial charge on any atom is -0.478 e. The highest BCUT2D eigenvalue weighted by Gasteiger charge is 2.21. The monoisotopic (exact) mass is 316 g/mol. The zero-order chi connectivity index (χ0) is 16.2. The van der Waals surface area contributed by atoms with E-state index in [1.165, 1.54) is 0 Å². The lowest BCUT2D eigenvalue weighted by Crippen LogP contribution is -2.11. The van der Waals surface area contributed by atoms with Crippen molar-refractivity contribution in [3.63, 3.8) is 0 Å². The van der Waals surface area contributed by atoms with Gasteiger partial charge >= 0.3 is 5.97 Å². The number of carboxylic acids is 1. The van der Waals surface area contributed by atoms with Crippen LogP contribution in [-0.2, 0) is 14.6 Å². The fraction of sp³-hybridized carbons (Fsp3) is 0.118. The van der Waals surface area contributed by atoms with Gasteiger partial charge in [0.05, 0.1) is 11.3 Å². The first-order chi connectivity index (χ1) is 10.4. The van der Waals surface area contributed by atoms with Crippen LogP contribution in [0.2, 0.25) is 0 Å². The number of aliphatic carboxylic acids is 1. The fourth-order valence-corrected chi connectivity index (χ4v) is 3.07. The highest BCUT2D eigenvalue weighted by Crippen LogP contribution is 2.28. The molecule has 0 saturated carbocycles. The number of sulfone groups is 1. The van der Waals surface area contributed by atoms with Gasteiger partial charge in [-0.3, -0.25) is 0 Å². The summed E-state index contributed by atoms with van der Waals surface area (Å²) in [6.45, 7) is 0. The smallest absolute Gasteiger partial charge is 0.336 e. The SMILES string of the molecule is CS(=O)(=O)CC(=C(C(=O)O)c1ccccc1)c1ccccc1. The predicted octanol–water partition coefficient (Wildman–Crippen LogP) is 2.73. The summed E-state index contributed by atoms with van der Waals surface area (Å²) in [6.07, 6.45) is 1.10. The first-order valence-corrected chi connectivity index (χ1v) is 8.69. The van der Waals surface area contributed by atoms with Crippen molar-refractivity contribution in [2.24, 2.45) is 0 Å². The Hall–Kier alpha value is -2.40. The Morgan fingerprint density at radius 3 is 1.77 bits per heavy atom. The van der Waals surface area contributed by atoms with Crippen molar-refractivity contribution in [3.05, 3.63) is 71.8 Å². The van der Waals surface area contributed by atoms with E-state index in [-0.39, 0.29) is 11.3 Å². The Labute approximate surface area is 129 Å². The molecule has 0 atom stereocenters. The predicted molar refractivity (Wildman–Crippen MR) is 87.0 cm³/mol. The van der Waals surface area contributed by atoms with E-state index in [1.807, 2.05) is 0 Å². The average Bonchev–Trinajstić information content (AvgIpc) is 2.47. The Bertz CT molecular complexity index is 791. The largest absolute Gasteiger partial charge is 0.478 e. The van der Waals surface area contributed by atoms with Gasteiger partial charge in [0.25, 0.3) is 0 Å². The minimum absolute atomic E-state index is 0.0113. The van der Waals surface area contributed by atoms with Crippen molar-refractivity contribution in [1.29, 1.82) is 0 Å². The quantitative estimate of drug-likeness (QED) is 0.680. The molecule has 0 spiro atoms. The van der Waals surface area contributed by atoms with Crippen molar-refractivity contribution in [1.82, 2.24) is 0 Å². The Kier molecular flexibility index (Phi) is 4.78. The van der Waals surface area contributed by atoms with E-state index in [9.17, 15) is 18.3 Å². The van der Waals surface area contributed by atoms with Crippen molar-refractivity contribution in [3.8, 4) is 0 Å². The van der Waals surface area contributed by atoms with E-state index in [4.69, 9.17) is 0 Å². The second-order valence-corrected chi connectivity index (χ2v) is 7.10. The molecule has 5 heteroatoms. The zero-order valence-corrected chi connectivity index (χ0v) is 12.9. The highest BCUT2D eigenvalue weighted by atomic mass is 32.2. The van der Waals surface area contributed by atoms with Crippen LogP contribution in [0.5, 0.6) is 0 Å². The average molecular weight is 316 g/mol. The molecular formula is C17H16O4S. The molecular weight excluding hydrogens is 300 g/mol. The molecule has 0 aliphatic rings. The van der Waals surface area contributed by atoms with Gasteiger partial charge in [-0.15, -0.1) is 0 Å². The molecule has 0 amide bonds. The molecule has 4 nitrogen and oxygen atoms in total. The molecule has 1 N–H and O–H groups in total. The molecule has 114 valence electrons. The van der Waals surface area contributed by atoms with Gasteiger partial charge in [0.1, 0.15) is 0 Å². The second-order valence-electron chi connectivity index (χ2n) is 4.96. The van der Waals surface area contributed by atoms with Crippen molar-refractivity contribution >= 4 is 27.0 Å². The number of carbonyl (C=O) groups is 1. The molecule has 0 radical (unpaired) electrons. The van der Waals surface area contributed by atoms with Crippen molar-refractivity contribution in [2.75, 3.05) is 12.0 Å². The van der Waals surface area contributed by atoms with Crippen LogP contribution in [0.25, 0.3) is 11.1 Å². The standard InChI is InChI=1S/C17H16O4S/c1-22(20,21)12-15(13-8-4-2-5-9-13)16(17(18)19)14-10-6-3-7-11-14/h2-11H,12H2,1H3,(H,18,19). The van der Waals surface area contributed by atoms with Crippen LogP contribution >= 0.6 is 0 Å². The molecule has 0 heterocycles. The Morgan fingerprint density at radius 2 is 1.36 bits per heavy atom. The molecule has 0 fully saturated rings. The molecule has 22 heavy (non-hydrogen) atoms. The molecule has 2 aromatic carbocycles. The summed E-state index contributed by atoms with van der Waals surface area (Å²) in [5.74, 6) is -1.47. The lowest BCUT2D eigenvalue weighted by molar-refractivity contribution is -0.130. The maximum absolute atomic E-state index is 11.7. The molecule has 0 aromatic heterocycles. The van der Waals surface area contributed by atoms with E-state index in [2.05, 4.69) is 0 Å². The van der Waals surface area contributed by atoms with E-state index in [0.29, 0.717) is 16.7 Å². The molecule has 0 unspecified atom stereocenters. The molecule has 0 saturated heterocycles. The maximum atomic E-state index is 11.7. The lowest BCUT2D eigenvalue weighted by Gasteiger charge is -2.13. The first kappa shape index (κ1) is 16.0. The summed E-state index contributed by atoms with van der Waals surface area (Å²) >= 11 is 0. The Balaban J connectivity index is 2.74. The van der Waals surface area contributed by atoms with E-state index in [0.717, 1.165) is 6.26 Å². The van der Waals surface area contributed by atoms with Crippen LogP contribution in [0.3, 0.4) is 0 Å². The zero-order valence-electron chi connectivity index (χ0n) is 12.1. The molecule has 2 aromatic rings. The maximum Gasteiger partial charge on any atom is 0.336 e. The highest BCUT2D eigenvalue weighted by molar-refractivity contribution is 7.91. The van der Waals surface area contributed by atoms with E-state index >= 15 is 0 Å². The number of rotatable bonds is 5. The summed E-state index contributed by atoms with van der Waals surface area (Å²) in [7, 11) is -3.38. The first-order valence-electron chi connectivity index (χ1n) is 6.63. The van der Waals surface area contributed by atoms with Crippen LogP contribution in [0.15, 0.2) is 60.7 Å². The van der Waals surface area contributed by atoms with Crippen LogP contribution in [0.4, 0.5) is 0 Å². The van der Waals surface area contributed by atoms with E-state index in [1.54, 1.807) is 60.7 Å². The van der Waals surface area contributed by atoms with Gasteiger partial charge in [0.15, 0.2) is 9.84 Å². The molecule has 0 bridgehead atoms. The fourth-order valence-electron chi connectivity index (χ4n) is 2.23. The molecule has 0 aliphatic carbocycles. The van der Waals surface area contributed by atoms with Crippen LogP contribution < -0.4 is 0 Å². The summed E-state index contributed by atoms with van der Waals surface area (Å²) in [6, 6.07) is 17.3. The van der Waals surface area contributed by atoms with E-state index < -0.39 is 15.8 Å². The summed E-state index contributed by atoms with van der Waals surface area (Å²) in [4.78, 5) is 11.7. The van der Waals surface area contributed by atoms with Gasteiger partial charge in [-0.25, -0.2) is 13.2 Å². The molecule has 2 rings (SSSR count). The van der Waals surface area contributed by atoms with Crippen LogP contribution in [-0.4, -0.2) is 31.5 Å². The lowest BCUT2D eigenvalue weighted by atomic mass is 9.96. The summed E-state index contributed by atoms with van der Waals surface area (Å²) < 4.78 is 23.5. The summed E-state index contributed by atoms with van der Waals surface area (Å²) in [5, 5.41) is 9.60. The van der Waals surface area contributed by atoms with Crippen molar-refractivity contribution < 1.29 is 18.3 Å². The third kappa shape index (κ3) is 4.05. The third-order valence-corrected chi connectivity index (χ3v) is 3.92. The topological polar surface area (TPSA) is 71.4 Å². The van der Waals surface area contributed by atoms with Crippen LogP contribution in [0, 0.1) is 0 Å². The normalized spacial score (nSPS) is 12.6. The van der Waals surface area contributed by atoms with Crippen molar-refractivity contribution in [2.45, 2.75) is 0 Å². The number of benzene rings is 2. The Morgan fingerprint density at radius 1 is 0.909 bits per heavy atom. The third-order valence-electron chi connectivity index (χ3n) is 3.11. The van der Waals surface area contributed by atoms with Gasteiger partial charge in [-0.1, -0.05) is 60.7 Å². The van der Waals surface area contributed by atoms with Gasteiger partial charge < -0.3 is 5.11 Å².